The van der Waals surface area contributed by atoms with Crippen LogP contribution in [0.1, 0.15) is 33.5 Å². The quantitative estimate of drug-likeness (QED) is 0.569. The van der Waals surface area contributed by atoms with Gasteiger partial charge < -0.3 is 10.2 Å². The van der Waals surface area contributed by atoms with Crippen LogP contribution in [0.4, 0.5) is 14.5 Å². The number of carbonyl (C=O) groups is 3. The van der Waals surface area contributed by atoms with Crippen molar-refractivity contribution in [3.63, 3.8) is 0 Å². The number of carbonyl (C=O) groups excluding carboxylic acids is 3. The predicted octanol–water partition coefficient (Wildman–Crippen LogP) is 3.25. The number of nitrogens with one attached hydrogen (secondary N) is 1. The topological polar surface area (TPSA) is 69.7 Å². The van der Waals surface area contributed by atoms with Gasteiger partial charge in [0.1, 0.15) is 11.6 Å². The molecule has 2 aromatic rings. The summed E-state index contributed by atoms with van der Waals surface area (Å²) in [5, 5.41) is 2.44. The Bertz CT molecular complexity index is 1030. The zero-order valence-electron chi connectivity index (χ0n) is 18.5. The zero-order valence-corrected chi connectivity index (χ0v) is 18.5. The van der Waals surface area contributed by atoms with Gasteiger partial charge in [-0.3, -0.25) is 19.3 Å². The van der Waals surface area contributed by atoms with Crippen LogP contribution in [0, 0.1) is 32.4 Å². The van der Waals surface area contributed by atoms with Crippen molar-refractivity contribution in [2.24, 2.45) is 0 Å². The average molecular weight is 443 g/mol. The lowest BCUT2D eigenvalue weighted by Gasteiger charge is -2.22. The van der Waals surface area contributed by atoms with E-state index in [9.17, 15) is 23.2 Å². The largest absolute Gasteiger partial charge is 0.334 e. The van der Waals surface area contributed by atoms with Crippen molar-refractivity contribution >= 4 is 23.3 Å². The summed E-state index contributed by atoms with van der Waals surface area (Å²) < 4.78 is 26.8. The molecule has 1 fully saturated rings. The first-order valence-electron chi connectivity index (χ1n) is 10.5. The minimum absolute atomic E-state index is 0.00295. The second-order valence-corrected chi connectivity index (χ2v) is 8.20. The van der Waals surface area contributed by atoms with Gasteiger partial charge in [-0.15, -0.1) is 0 Å². The van der Waals surface area contributed by atoms with Crippen molar-refractivity contribution in [2.45, 2.75) is 27.2 Å². The second-order valence-electron chi connectivity index (χ2n) is 8.20. The van der Waals surface area contributed by atoms with Crippen molar-refractivity contribution in [3.8, 4) is 0 Å². The molecule has 0 aliphatic carbocycles. The Hall–Kier alpha value is -3.13. The molecular formula is C24H27F2N3O3. The van der Waals surface area contributed by atoms with Crippen molar-refractivity contribution < 1.29 is 23.2 Å². The van der Waals surface area contributed by atoms with Crippen molar-refractivity contribution in [2.75, 3.05) is 38.0 Å². The van der Waals surface area contributed by atoms with Crippen LogP contribution in [0.25, 0.3) is 0 Å². The van der Waals surface area contributed by atoms with Gasteiger partial charge in [0, 0.05) is 37.8 Å². The molecule has 2 aromatic carbocycles. The Morgan fingerprint density at radius 2 is 1.62 bits per heavy atom. The smallest absolute Gasteiger partial charge is 0.295 e. The average Bonchev–Trinajstić information content (AvgIpc) is 2.94. The molecule has 1 aliphatic rings. The van der Waals surface area contributed by atoms with Gasteiger partial charge in [-0.05, 0) is 50.5 Å². The van der Waals surface area contributed by atoms with Gasteiger partial charge >= 0.3 is 0 Å². The Morgan fingerprint density at radius 1 is 0.938 bits per heavy atom. The molecule has 0 atom stereocenters. The number of anilines is 1. The lowest BCUT2D eigenvalue weighted by atomic mass is 9.96. The number of benzene rings is 2. The monoisotopic (exact) mass is 443 g/mol. The van der Waals surface area contributed by atoms with E-state index in [1.165, 1.54) is 11.0 Å². The summed E-state index contributed by atoms with van der Waals surface area (Å²) in [7, 11) is 0. The van der Waals surface area contributed by atoms with Crippen molar-refractivity contribution in [1.29, 1.82) is 0 Å². The molecule has 1 N–H and O–H groups in total. The van der Waals surface area contributed by atoms with Gasteiger partial charge in [-0.2, -0.15) is 0 Å². The first-order valence-corrected chi connectivity index (χ1v) is 10.5. The minimum Gasteiger partial charge on any atom is -0.334 e. The number of ketones is 1. The third kappa shape index (κ3) is 5.56. The molecule has 1 heterocycles. The summed E-state index contributed by atoms with van der Waals surface area (Å²) in [5.74, 6) is -3.05. The highest BCUT2D eigenvalue weighted by Crippen LogP contribution is 2.19. The normalized spacial score (nSPS) is 14.7. The number of Topliss-reactive ketones (excluding diaryl/α,β-unsaturated/α-hetero) is 1. The van der Waals surface area contributed by atoms with Gasteiger partial charge in [0.2, 0.25) is 5.91 Å². The van der Waals surface area contributed by atoms with Crippen molar-refractivity contribution in [1.82, 2.24) is 9.80 Å². The van der Waals surface area contributed by atoms with Crippen LogP contribution in [0.2, 0.25) is 0 Å². The molecule has 170 valence electrons. The molecule has 0 unspecified atom stereocenters. The molecule has 0 saturated carbocycles. The van der Waals surface area contributed by atoms with E-state index in [1.807, 2.05) is 37.8 Å². The molecule has 1 saturated heterocycles. The van der Waals surface area contributed by atoms with E-state index in [-0.39, 0.29) is 12.2 Å². The number of amides is 2. The maximum atomic E-state index is 13.7. The number of hydrogen-bond acceptors (Lipinski definition) is 4. The molecule has 1 aliphatic heterocycles. The number of nitrogens with zero attached hydrogens (tertiary/aromatic N) is 2. The van der Waals surface area contributed by atoms with E-state index >= 15 is 0 Å². The summed E-state index contributed by atoms with van der Waals surface area (Å²) >= 11 is 0. The molecule has 0 bridgehead atoms. The van der Waals surface area contributed by atoms with Crippen LogP contribution in [0.5, 0.6) is 0 Å². The summed E-state index contributed by atoms with van der Waals surface area (Å²) in [6.07, 6.45) is 0.600. The number of hydrogen-bond donors (Lipinski definition) is 1. The van der Waals surface area contributed by atoms with Crippen LogP contribution in [-0.4, -0.2) is 60.1 Å². The van der Waals surface area contributed by atoms with Gasteiger partial charge in [0.15, 0.2) is 0 Å². The highest BCUT2D eigenvalue weighted by molar-refractivity contribution is 6.43. The fourth-order valence-electron chi connectivity index (χ4n) is 4.10. The number of aryl methyl sites for hydroxylation is 3. The Labute approximate surface area is 186 Å². The first-order chi connectivity index (χ1) is 15.2. The van der Waals surface area contributed by atoms with Gasteiger partial charge in [0.25, 0.3) is 11.7 Å². The number of rotatable bonds is 5. The fraction of sp³-hybridized carbons (Fsp3) is 0.375. The summed E-state index contributed by atoms with van der Waals surface area (Å²) in [6, 6.07) is 6.73. The SMILES string of the molecule is Cc1cc(C)c(C(=O)C(=O)N2CCCN(CC(=O)Nc3ccc(F)cc3F)CC2)c(C)c1. The van der Waals surface area contributed by atoms with E-state index in [4.69, 9.17) is 0 Å². The van der Waals surface area contributed by atoms with E-state index < -0.39 is 29.2 Å². The summed E-state index contributed by atoms with van der Waals surface area (Å²) in [6.45, 7) is 7.29. The van der Waals surface area contributed by atoms with Crippen LogP contribution in [0.3, 0.4) is 0 Å². The molecule has 0 aromatic heterocycles. The zero-order chi connectivity index (χ0) is 23.4. The van der Waals surface area contributed by atoms with Crippen LogP contribution in [-0.2, 0) is 9.59 Å². The molecule has 6 nitrogen and oxygen atoms in total. The van der Waals surface area contributed by atoms with E-state index in [0.717, 1.165) is 22.8 Å². The third-order valence-corrected chi connectivity index (χ3v) is 5.55. The van der Waals surface area contributed by atoms with Gasteiger partial charge in [-0.25, -0.2) is 8.78 Å². The summed E-state index contributed by atoms with van der Waals surface area (Å²) in [4.78, 5) is 41.4. The standard InChI is InChI=1S/C24H27F2N3O3/c1-15-11-16(2)22(17(3)12-15)23(31)24(32)29-8-4-7-28(9-10-29)14-21(30)27-20-6-5-18(25)13-19(20)26/h5-6,11-13H,4,7-10,14H2,1-3H3,(H,27,30). The lowest BCUT2D eigenvalue weighted by molar-refractivity contribution is -0.126. The predicted molar refractivity (Wildman–Crippen MR) is 118 cm³/mol. The molecule has 0 radical (unpaired) electrons. The molecule has 8 heteroatoms. The van der Waals surface area contributed by atoms with E-state index in [2.05, 4.69) is 5.32 Å². The fourth-order valence-corrected chi connectivity index (χ4v) is 4.10. The molecule has 3 rings (SSSR count). The molecular weight excluding hydrogens is 416 g/mol. The Morgan fingerprint density at radius 3 is 2.28 bits per heavy atom. The lowest BCUT2D eigenvalue weighted by Crippen LogP contribution is -2.40. The van der Waals surface area contributed by atoms with Crippen molar-refractivity contribution in [3.05, 3.63) is 64.2 Å². The first kappa shape index (κ1) is 23.5. The second kappa shape index (κ2) is 9.99. The minimum atomic E-state index is -0.841. The highest BCUT2D eigenvalue weighted by Gasteiger charge is 2.28. The Balaban J connectivity index is 1.59. The van der Waals surface area contributed by atoms with Crippen LogP contribution in [0.15, 0.2) is 30.3 Å². The van der Waals surface area contributed by atoms with Crippen LogP contribution >= 0.6 is 0 Å². The highest BCUT2D eigenvalue weighted by atomic mass is 19.1. The third-order valence-electron chi connectivity index (χ3n) is 5.55. The van der Waals surface area contributed by atoms with Crippen LogP contribution < -0.4 is 5.32 Å². The molecule has 32 heavy (non-hydrogen) atoms. The maximum absolute atomic E-state index is 13.7. The number of halogens is 2. The Kier molecular flexibility index (Phi) is 7.35. The van der Waals surface area contributed by atoms with E-state index in [0.29, 0.717) is 44.2 Å². The van der Waals surface area contributed by atoms with Gasteiger partial charge in [-0.1, -0.05) is 17.7 Å². The van der Waals surface area contributed by atoms with Gasteiger partial charge in [0.05, 0.1) is 12.2 Å². The molecule has 0 spiro atoms. The maximum Gasteiger partial charge on any atom is 0.295 e. The molecule has 2 amide bonds. The van der Waals surface area contributed by atoms with E-state index in [1.54, 1.807) is 0 Å². The summed E-state index contributed by atoms with van der Waals surface area (Å²) in [5.41, 5.74) is 2.96.